The molecule has 3 N–H and O–H groups in total. The van der Waals surface area contributed by atoms with Gasteiger partial charge in [0.1, 0.15) is 6.04 Å². The molecule has 0 spiro atoms. The first kappa shape index (κ1) is 23.9. The van der Waals surface area contributed by atoms with Crippen molar-refractivity contribution in [3.8, 4) is 6.19 Å². The van der Waals surface area contributed by atoms with Crippen molar-refractivity contribution >= 4 is 46.6 Å². The van der Waals surface area contributed by atoms with Crippen LogP contribution in [0.5, 0.6) is 0 Å². The smallest absolute Gasteiger partial charge is 0.319 e. The Hall–Kier alpha value is -3.77. The topological polar surface area (TPSA) is 113 Å². The van der Waals surface area contributed by atoms with Crippen molar-refractivity contribution in [1.29, 1.82) is 5.26 Å². The molecule has 0 radical (unpaired) electrons. The van der Waals surface area contributed by atoms with Gasteiger partial charge in [-0.25, -0.2) is 4.79 Å². The number of likely N-dealkylation sites (N-methyl/N-ethyl adjacent to an activating group) is 1. The molecule has 0 bridgehead atoms. The molecule has 9 nitrogen and oxygen atoms in total. The number of hydrogen-bond donors (Lipinski definition) is 3. The SMILES string of the molecule is CCCC(NC(=O)Nc1ccc(Cl)cc1)C(=O)Nc1ccc(N2CCN(C)C2=NC#N)cc1. The molecular formula is C23H26ClN7O2. The lowest BCUT2D eigenvalue weighted by atomic mass is 10.1. The average Bonchev–Trinajstić information content (AvgIpc) is 3.16. The number of nitrogens with zero attached hydrogens (tertiary/aromatic N) is 4. The standard InChI is InChI=1S/C23H26ClN7O2/c1-3-4-20(29-22(33)28-18-7-5-16(24)6-8-18)21(32)27-17-9-11-19(12-10-17)31-14-13-30(2)23(31)26-15-25/h5-12,20H,3-4,13-14H2,1-2H3,(H,27,32)(H2,28,29,33). The minimum absolute atomic E-state index is 0.302. The molecule has 172 valence electrons. The minimum Gasteiger partial charge on any atom is -0.343 e. The Balaban J connectivity index is 1.61. The van der Waals surface area contributed by atoms with Crippen LogP contribution in [0.2, 0.25) is 5.02 Å². The van der Waals surface area contributed by atoms with Crippen LogP contribution in [-0.4, -0.2) is 49.0 Å². The second-order valence-corrected chi connectivity index (χ2v) is 8.00. The van der Waals surface area contributed by atoms with Crippen LogP contribution in [-0.2, 0) is 4.79 Å². The first-order valence-corrected chi connectivity index (χ1v) is 11.0. The van der Waals surface area contributed by atoms with E-state index in [-0.39, 0.29) is 5.91 Å². The zero-order valence-corrected chi connectivity index (χ0v) is 19.3. The normalized spacial score (nSPS) is 15.2. The van der Waals surface area contributed by atoms with E-state index in [1.54, 1.807) is 36.4 Å². The molecule has 1 unspecified atom stereocenters. The van der Waals surface area contributed by atoms with Gasteiger partial charge in [0, 0.05) is 42.2 Å². The molecule has 1 heterocycles. The maximum atomic E-state index is 12.8. The Morgan fingerprint density at radius 1 is 1.09 bits per heavy atom. The first-order chi connectivity index (χ1) is 15.9. The number of rotatable bonds is 7. The summed E-state index contributed by atoms with van der Waals surface area (Å²) in [5, 5.41) is 17.8. The number of amides is 3. The lowest BCUT2D eigenvalue weighted by Gasteiger charge is -2.20. The van der Waals surface area contributed by atoms with Gasteiger partial charge >= 0.3 is 6.03 Å². The summed E-state index contributed by atoms with van der Waals surface area (Å²) < 4.78 is 0. The van der Waals surface area contributed by atoms with Crippen LogP contribution in [0.15, 0.2) is 53.5 Å². The number of carbonyl (C=O) groups excluding carboxylic acids is 2. The zero-order valence-electron chi connectivity index (χ0n) is 18.5. The Labute approximate surface area is 198 Å². The lowest BCUT2D eigenvalue weighted by molar-refractivity contribution is -0.118. The van der Waals surface area contributed by atoms with Gasteiger partial charge in [0.15, 0.2) is 0 Å². The van der Waals surface area contributed by atoms with E-state index in [9.17, 15) is 9.59 Å². The third-order valence-corrected chi connectivity index (χ3v) is 5.39. The lowest BCUT2D eigenvalue weighted by Crippen LogP contribution is -2.45. The van der Waals surface area contributed by atoms with Crippen molar-refractivity contribution in [3.63, 3.8) is 0 Å². The Morgan fingerprint density at radius 2 is 1.73 bits per heavy atom. The molecule has 1 fully saturated rings. The maximum Gasteiger partial charge on any atom is 0.319 e. The Morgan fingerprint density at radius 3 is 2.36 bits per heavy atom. The molecule has 2 aromatic rings. The molecule has 1 saturated heterocycles. The molecule has 10 heteroatoms. The predicted octanol–water partition coefficient (Wildman–Crippen LogP) is 3.86. The number of anilines is 3. The van der Waals surface area contributed by atoms with Crippen molar-refractivity contribution in [1.82, 2.24) is 10.2 Å². The summed E-state index contributed by atoms with van der Waals surface area (Å²) in [5.74, 6) is 0.289. The fourth-order valence-corrected chi connectivity index (χ4v) is 3.59. The summed E-state index contributed by atoms with van der Waals surface area (Å²) in [6.07, 6.45) is 3.05. The summed E-state index contributed by atoms with van der Waals surface area (Å²) in [4.78, 5) is 32.9. The second kappa shape index (κ2) is 11.2. The number of benzene rings is 2. The molecule has 2 aromatic carbocycles. The maximum absolute atomic E-state index is 12.8. The van der Waals surface area contributed by atoms with Crippen LogP contribution in [0.3, 0.4) is 0 Å². The number of halogens is 1. The third kappa shape index (κ3) is 6.37. The van der Waals surface area contributed by atoms with E-state index in [2.05, 4.69) is 20.9 Å². The molecule has 33 heavy (non-hydrogen) atoms. The molecule has 0 aromatic heterocycles. The van der Waals surface area contributed by atoms with Gasteiger partial charge < -0.3 is 25.8 Å². The molecule has 1 atom stereocenters. The third-order valence-electron chi connectivity index (χ3n) is 5.14. The molecule has 0 saturated carbocycles. The van der Waals surface area contributed by atoms with Crippen LogP contribution in [0.1, 0.15) is 19.8 Å². The molecule has 3 amide bonds. The number of hydrogen-bond acceptors (Lipinski definition) is 4. The summed E-state index contributed by atoms with van der Waals surface area (Å²) in [6, 6.07) is 12.8. The van der Waals surface area contributed by atoms with E-state index in [0.29, 0.717) is 35.3 Å². The number of guanidine groups is 1. The summed E-state index contributed by atoms with van der Waals surface area (Å²) in [7, 11) is 1.88. The van der Waals surface area contributed by atoms with Crippen molar-refractivity contribution < 1.29 is 9.59 Å². The molecule has 1 aliphatic heterocycles. The predicted molar refractivity (Wildman–Crippen MR) is 130 cm³/mol. The zero-order chi connectivity index (χ0) is 23.8. The van der Waals surface area contributed by atoms with E-state index in [0.717, 1.165) is 18.7 Å². The van der Waals surface area contributed by atoms with Crippen LogP contribution in [0.25, 0.3) is 0 Å². The van der Waals surface area contributed by atoms with Crippen LogP contribution >= 0.6 is 11.6 Å². The first-order valence-electron chi connectivity index (χ1n) is 10.6. The van der Waals surface area contributed by atoms with Gasteiger partial charge in [0.05, 0.1) is 0 Å². The molecule has 1 aliphatic rings. The van der Waals surface area contributed by atoms with Gasteiger partial charge in [-0.05, 0) is 55.0 Å². The largest absolute Gasteiger partial charge is 0.343 e. The highest BCUT2D eigenvalue weighted by molar-refractivity contribution is 6.30. The molecule has 0 aliphatic carbocycles. The number of nitrogens with one attached hydrogen (secondary N) is 3. The number of nitriles is 1. The Kier molecular flexibility index (Phi) is 8.11. The average molecular weight is 468 g/mol. The van der Waals surface area contributed by atoms with Gasteiger partial charge in [-0.1, -0.05) is 24.9 Å². The van der Waals surface area contributed by atoms with Gasteiger partial charge in [-0.2, -0.15) is 5.26 Å². The van der Waals surface area contributed by atoms with Gasteiger partial charge in [0.2, 0.25) is 18.1 Å². The van der Waals surface area contributed by atoms with Crippen molar-refractivity contribution in [2.45, 2.75) is 25.8 Å². The van der Waals surface area contributed by atoms with E-state index < -0.39 is 12.1 Å². The quantitative estimate of drug-likeness (QED) is 0.535. The highest BCUT2D eigenvalue weighted by Crippen LogP contribution is 2.22. The number of urea groups is 1. The van der Waals surface area contributed by atoms with E-state index in [1.165, 1.54) is 0 Å². The van der Waals surface area contributed by atoms with E-state index in [1.807, 2.05) is 42.1 Å². The summed E-state index contributed by atoms with van der Waals surface area (Å²) >= 11 is 5.86. The van der Waals surface area contributed by atoms with E-state index >= 15 is 0 Å². The van der Waals surface area contributed by atoms with Crippen molar-refractivity contribution in [2.24, 2.45) is 4.99 Å². The number of aliphatic imine (C=N–C) groups is 1. The van der Waals surface area contributed by atoms with Gasteiger partial charge in [-0.15, -0.1) is 4.99 Å². The fourth-order valence-electron chi connectivity index (χ4n) is 3.46. The fraction of sp³-hybridized carbons (Fsp3) is 0.304. The summed E-state index contributed by atoms with van der Waals surface area (Å²) in [5.41, 5.74) is 2.06. The van der Waals surface area contributed by atoms with Crippen LogP contribution in [0.4, 0.5) is 21.9 Å². The Bertz CT molecular complexity index is 1050. The molecule has 3 rings (SSSR count). The molecular weight excluding hydrogens is 442 g/mol. The van der Waals surface area contributed by atoms with Crippen molar-refractivity contribution in [2.75, 3.05) is 35.7 Å². The second-order valence-electron chi connectivity index (χ2n) is 7.57. The summed E-state index contributed by atoms with van der Waals surface area (Å²) in [6.45, 7) is 3.43. The monoisotopic (exact) mass is 467 g/mol. The van der Waals surface area contributed by atoms with E-state index in [4.69, 9.17) is 16.9 Å². The van der Waals surface area contributed by atoms with Gasteiger partial charge in [0.25, 0.3) is 0 Å². The number of carbonyl (C=O) groups is 2. The minimum atomic E-state index is -0.691. The highest BCUT2D eigenvalue weighted by Gasteiger charge is 2.25. The van der Waals surface area contributed by atoms with Crippen molar-refractivity contribution in [3.05, 3.63) is 53.6 Å². The van der Waals surface area contributed by atoms with Crippen LogP contribution < -0.4 is 20.9 Å². The highest BCUT2D eigenvalue weighted by atomic mass is 35.5. The van der Waals surface area contributed by atoms with Gasteiger partial charge in [-0.3, -0.25) is 4.79 Å². The van der Waals surface area contributed by atoms with Crippen LogP contribution in [0, 0.1) is 11.5 Å².